The smallest absolute Gasteiger partial charge is 0.407 e. The number of carbonyl (C=O) groups is 3. The van der Waals surface area contributed by atoms with E-state index in [1.165, 1.54) is 0 Å². The summed E-state index contributed by atoms with van der Waals surface area (Å²) in [6.45, 7) is 5.11. The van der Waals surface area contributed by atoms with E-state index in [2.05, 4.69) is 15.4 Å². The van der Waals surface area contributed by atoms with Crippen LogP contribution in [0.25, 0.3) is 0 Å². The molecule has 0 radical (unpaired) electrons. The molecule has 2 amide bonds. The zero-order valence-electron chi connectivity index (χ0n) is 24.3. The lowest BCUT2D eigenvalue weighted by molar-refractivity contribution is -0.137. The average Bonchev–Trinajstić information content (AvgIpc) is 2.84. The van der Waals surface area contributed by atoms with Crippen LogP contribution in [-0.2, 0) is 51.6 Å². The summed E-state index contributed by atoms with van der Waals surface area (Å²) in [5, 5.41) is 6.42. The van der Waals surface area contributed by atoms with Crippen molar-refractivity contribution in [1.29, 1.82) is 0 Å². The molecule has 2 aromatic rings. The second kappa shape index (κ2) is 15.7. The van der Waals surface area contributed by atoms with Gasteiger partial charge in [0.1, 0.15) is 17.1 Å². The van der Waals surface area contributed by atoms with Crippen LogP contribution in [-0.4, -0.2) is 82.6 Å². The number of nitrogens with one attached hydrogen (secondary N) is 2. The summed E-state index contributed by atoms with van der Waals surface area (Å²) in [4.78, 5) is 34.5. The minimum atomic E-state index is -3.78. The van der Waals surface area contributed by atoms with Gasteiger partial charge in [-0.05, 0) is 69.0 Å². The number of halogens is 2. The van der Waals surface area contributed by atoms with Gasteiger partial charge < -0.3 is 20.1 Å². The fourth-order valence-corrected chi connectivity index (χ4v) is 7.10. The third kappa shape index (κ3) is 14.9. The first kappa shape index (κ1) is 36.3. The summed E-state index contributed by atoms with van der Waals surface area (Å²) in [6, 6.07) is 12.8. The van der Waals surface area contributed by atoms with Crippen LogP contribution in [0.2, 0.25) is 10.0 Å². The van der Waals surface area contributed by atoms with Gasteiger partial charge >= 0.3 is 12.1 Å². The lowest BCUT2D eigenvalue weighted by atomic mass is 10.1. The first-order valence-corrected chi connectivity index (χ1v) is 17.5. The largest absolute Gasteiger partial charge is 0.468 e. The number of carbonyl (C=O) groups excluding carboxylic acids is 3. The van der Waals surface area contributed by atoms with Crippen LogP contribution in [0.5, 0.6) is 0 Å². The third-order valence-electron chi connectivity index (χ3n) is 5.70. The molecule has 0 saturated carbocycles. The van der Waals surface area contributed by atoms with Crippen molar-refractivity contribution in [2.75, 3.05) is 30.1 Å². The van der Waals surface area contributed by atoms with Crippen molar-refractivity contribution in [1.82, 2.24) is 10.6 Å². The summed E-state index contributed by atoms with van der Waals surface area (Å²) in [6.07, 6.45) is 0.00334. The van der Waals surface area contributed by atoms with E-state index in [1.54, 1.807) is 57.2 Å². The van der Waals surface area contributed by atoms with Gasteiger partial charge in [-0.1, -0.05) is 47.5 Å². The molecule has 1 aliphatic heterocycles. The lowest BCUT2D eigenvalue weighted by Crippen LogP contribution is -2.49. The quantitative estimate of drug-likeness (QED) is 0.380. The number of ether oxygens (including phenoxy) is 2. The highest BCUT2D eigenvalue weighted by Crippen LogP contribution is 2.15. The number of methoxy groups -OCH3 is 1. The van der Waals surface area contributed by atoms with Gasteiger partial charge in [-0.3, -0.25) is 9.59 Å². The highest BCUT2D eigenvalue weighted by atomic mass is 35.5. The number of sulfone groups is 2. The normalized spacial score (nSPS) is 17.0. The van der Waals surface area contributed by atoms with Gasteiger partial charge in [-0.15, -0.1) is 0 Å². The molecule has 1 fully saturated rings. The van der Waals surface area contributed by atoms with Crippen LogP contribution in [0.3, 0.4) is 0 Å². The van der Waals surface area contributed by atoms with Gasteiger partial charge in [-0.25, -0.2) is 21.6 Å². The maximum absolute atomic E-state index is 12.2. The van der Waals surface area contributed by atoms with Crippen LogP contribution in [0, 0.1) is 0 Å². The molecule has 1 aliphatic rings. The van der Waals surface area contributed by atoms with E-state index >= 15 is 0 Å². The number of alkyl carbamates (subject to hydrolysis) is 1. The molecule has 11 nitrogen and oxygen atoms in total. The van der Waals surface area contributed by atoms with Crippen molar-refractivity contribution in [3.8, 4) is 0 Å². The Balaban J connectivity index is 0.000000326. The Morgan fingerprint density at radius 2 is 1.56 bits per heavy atom. The minimum Gasteiger partial charge on any atom is -0.468 e. The zero-order chi connectivity index (χ0) is 32.4. The molecular weight excluding hydrogens is 643 g/mol. The molecule has 238 valence electrons. The molecule has 1 heterocycles. The lowest BCUT2D eigenvalue weighted by Gasteiger charge is -2.23. The molecule has 15 heteroatoms. The standard InChI is InChI=1S/C17H24ClNO6S.C11H12ClNO3S/c1-17(2,3)25-16(21)19-14(9-12-5-7-13(18)8-6-12)10-26(22,23)11-15(20)24-4;12-9-3-1-8(2-4-9)5-10-6-17(15,16)7-11(14)13-10/h5-8,14H,9-11H2,1-4H3,(H,19,21);1-4,10H,5-7H2,(H,13,14). The molecule has 2 aromatic carbocycles. The molecule has 1 saturated heterocycles. The Bertz CT molecular complexity index is 1470. The fraction of sp³-hybridized carbons (Fsp3) is 0.464. The molecule has 0 bridgehead atoms. The van der Waals surface area contributed by atoms with Crippen LogP contribution in [0.1, 0.15) is 31.9 Å². The fourth-order valence-electron chi connectivity index (χ4n) is 4.03. The van der Waals surface area contributed by atoms with Crippen molar-refractivity contribution in [3.05, 3.63) is 69.7 Å². The second-order valence-corrected chi connectivity index (χ2v) is 16.0. The maximum Gasteiger partial charge on any atom is 0.407 e. The SMILES string of the molecule is COC(=O)CS(=O)(=O)CC(Cc1ccc(Cl)cc1)NC(=O)OC(C)(C)C.O=C1CS(=O)(=O)CC(Cc2ccc(Cl)cc2)N1. The van der Waals surface area contributed by atoms with E-state index in [0.717, 1.165) is 18.2 Å². The van der Waals surface area contributed by atoms with Crippen molar-refractivity contribution in [2.24, 2.45) is 0 Å². The van der Waals surface area contributed by atoms with E-state index < -0.39 is 66.5 Å². The van der Waals surface area contributed by atoms with Crippen LogP contribution >= 0.6 is 23.2 Å². The summed E-state index contributed by atoms with van der Waals surface area (Å²) < 4.78 is 56.9. The molecule has 2 atom stereocenters. The molecule has 2 unspecified atom stereocenters. The number of benzene rings is 2. The second-order valence-electron chi connectivity index (χ2n) is 11.0. The van der Waals surface area contributed by atoms with Crippen molar-refractivity contribution < 1.29 is 40.7 Å². The van der Waals surface area contributed by atoms with Crippen LogP contribution < -0.4 is 10.6 Å². The molecule has 0 spiro atoms. The van der Waals surface area contributed by atoms with Gasteiger partial charge in [0, 0.05) is 16.1 Å². The number of esters is 1. The Kier molecular flexibility index (Phi) is 13.3. The maximum atomic E-state index is 12.2. The van der Waals surface area contributed by atoms with E-state index in [0.29, 0.717) is 16.5 Å². The predicted molar refractivity (Wildman–Crippen MR) is 165 cm³/mol. The van der Waals surface area contributed by atoms with E-state index in [1.807, 2.05) is 12.1 Å². The van der Waals surface area contributed by atoms with Gasteiger partial charge in [-0.2, -0.15) is 0 Å². The van der Waals surface area contributed by atoms with Crippen molar-refractivity contribution in [2.45, 2.75) is 51.3 Å². The topological polar surface area (TPSA) is 162 Å². The summed E-state index contributed by atoms with van der Waals surface area (Å²) in [7, 11) is -5.91. The third-order valence-corrected chi connectivity index (χ3v) is 9.41. The molecule has 0 aromatic heterocycles. The van der Waals surface area contributed by atoms with Crippen molar-refractivity contribution in [3.63, 3.8) is 0 Å². The monoisotopic (exact) mass is 678 g/mol. The van der Waals surface area contributed by atoms with Gasteiger partial charge in [0.2, 0.25) is 5.91 Å². The first-order chi connectivity index (χ1) is 19.8. The number of hydrogen-bond acceptors (Lipinski definition) is 9. The first-order valence-electron chi connectivity index (χ1n) is 13.1. The van der Waals surface area contributed by atoms with Gasteiger partial charge in [0.25, 0.3) is 0 Å². The minimum absolute atomic E-state index is 0.00136. The Morgan fingerprint density at radius 1 is 1.02 bits per heavy atom. The molecular formula is C28H36Cl2N2O9S2. The number of hydrogen-bond donors (Lipinski definition) is 2. The summed E-state index contributed by atoms with van der Waals surface area (Å²) >= 11 is 11.6. The van der Waals surface area contributed by atoms with E-state index in [4.69, 9.17) is 27.9 Å². The molecule has 3 rings (SSSR count). The highest BCUT2D eigenvalue weighted by Gasteiger charge is 2.30. The Labute approximate surface area is 262 Å². The van der Waals surface area contributed by atoms with E-state index in [-0.39, 0.29) is 18.2 Å². The van der Waals surface area contributed by atoms with Crippen molar-refractivity contribution >= 4 is 60.8 Å². The molecule has 43 heavy (non-hydrogen) atoms. The Hall–Kier alpha value is -2.87. The zero-order valence-corrected chi connectivity index (χ0v) is 27.4. The predicted octanol–water partition coefficient (Wildman–Crippen LogP) is 3.16. The van der Waals surface area contributed by atoms with Crippen LogP contribution in [0.4, 0.5) is 4.79 Å². The van der Waals surface area contributed by atoms with E-state index in [9.17, 15) is 31.2 Å². The Morgan fingerprint density at radius 3 is 2.05 bits per heavy atom. The molecule has 0 aliphatic carbocycles. The van der Waals surface area contributed by atoms with Gasteiger partial charge in [0.15, 0.2) is 19.7 Å². The molecule has 2 N–H and O–H groups in total. The summed E-state index contributed by atoms with van der Waals surface area (Å²) in [5.74, 6) is -2.85. The number of amides is 2. The number of rotatable bonds is 9. The van der Waals surface area contributed by atoms with Crippen LogP contribution in [0.15, 0.2) is 48.5 Å². The van der Waals surface area contributed by atoms with Gasteiger partial charge in [0.05, 0.1) is 24.7 Å². The summed E-state index contributed by atoms with van der Waals surface area (Å²) in [5.41, 5.74) is 1.01. The highest BCUT2D eigenvalue weighted by molar-refractivity contribution is 7.92. The average molecular weight is 680 g/mol.